The number of carbonyl (C=O) groups excluding carboxylic acids is 1. The summed E-state index contributed by atoms with van der Waals surface area (Å²) in [6, 6.07) is 13.8. The van der Waals surface area contributed by atoms with Crippen LogP contribution in [0.1, 0.15) is 29.0 Å². The number of ether oxygens (including phenoxy) is 1. The molecule has 0 aliphatic carbocycles. The number of carbonyl (C=O) groups is 1. The van der Waals surface area contributed by atoms with Crippen LogP contribution in [0.25, 0.3) is 0 Å². The van der Waals surface area contributed by atoms with Gasteiger partial charge in [0.05, 0.1) is 0 Å². The Bertz CT molecular complexity index is 1260. The normalized spacial score (nSPS) is 13.6. The van der Waals surface area contributed by atoms with Crippen LogP contribution < -0.4 is 10.5 Å². The number of hydrogen-bond donors (Lipinski definition) is 2. The molecule has 3 rings (SSSR count). The van der Waals surface area contributed by atoms with Crippen molar-refractivity contribution in [2.45, 2.75) is 23.5 Å². The number of likely N-dealkylation sites (N-methyl/N-ethyl adjacent to an activating group) is 1. The lowest BCUT2D eigenvalue weighted by molar-refractivity contribution is -0.125. The minimum atomic E-state index is -4.60. The number of primary amides is 1. The van der Waals surface area contributed by atoms with E-state index >= 15 is 0 Å². The average molecular weight is 491 g/mol. The first kappa shape index (κ1) is 25.3. The molecule has 0 fully saturated rings. The highest BCUT2D eigenvalue weighted by molar-refractivity contribution is 7.85. The molecule has 182 valence electrons. The lowest BCUT2D eigenvalue weighted by atomic mass is 9.91. The third-order valence-electron chi connectivity index (χ3n) is 5.22. The largest absolute Gasteiger partial charge is 0.473 e. The summed E-state index contributed by atoms with van der Waals surface area (Å²) < 4.78 is 54.0. The van der Waals surface area contributed by atoms with E-state index in [9.17, 15) is 22.2 Å². The monoisotopic (exact) mass is 490 g/mol. The zero-order valence-electron chi connectivity index (χ0n) is 19.1. The van der Waals surface area contributed by atoms with Crippen molar-refractivity contribution in [1.82, 2.24) is 14.5 Å². The summed E-state index contributed by atoms with van der Waals surface area (Å²) in [7, 11) is 0.627. The molecule has 3 aromatic rings. The number of amides is 1. The average Bonchev–Trinajstić information content (AvgIpc) is 3.14. The summed E-state index contributed by atoms with van der Waals surface area (Å²) in [4.78, 5) is 17.9. The molecule has 1 aromatic heterocycles. The van der Waals surface area contributed by atoms with Crippen molar-refractivity contribution in [3.8, 4) is 5.75 Å². The van der Waals surface area contributed by atoms with Gasteiger partial charge in [0.2, 0.25) is 11.1 Å². The van der Waals surface area contributed by atoms with Gasteiger partial charge in [-0.15, -0.1) is 0 Å². The number of nitrogens with zero attached hydrogens (tertiary/aromatic N) is 3. The fourth-order valence-electron chi connectivity index (χ4n) is 3.71. The van der Waals surface area contributed by atoms with Gasteiger partial charge in [-0.25, -0.2) is 9.37 Å². The Balaban J connectivity index is 1.96. The van der Waals surface area contributed by atoms with E-state index in [4.69, 9.17) is 10.5 Å². The van der Waals surface area contributed by atoms with E-state index in [1.165, 1.54) is 29.8 Å². The number of aryl methyl sites for hydroxylation is 1. The number of aromatic nitrogens is 2. The Hall–Kier alpha value is -3.28. The van der Waals surface area contributed by atoms with Crippen LogP contribution in [0.5, 0.6) is 5.75 Å². The maximum Gasteiger partial charge on any atom is 0.313 e. The van der Waals surface area contributed by atoms with Crippen molar-refractivity contribution in [3.63, 3.8) is 0 Å². The fraction of sp³-hybridized carbons (Fsp3) is 0.304. The van der Waals surface area contributed by atoms with Crippen molar-refractivity contribution in [2.75, 3.05) is 20.6 Å². The van der Waals surface area contributed by atoms with Gasteiger partial charge >= 0.3 is 10.1 Å². The molecule has 2 atom stereocenters. The van der Waals surface area contributed by atoms with Crippen LogP contribution >= 0.6 is 0 Å². The van der Waals surface area contributed by atoms with Crippen molar-refractivity contribution in [1.29, 1.82) is 0 Å². The van der Waals surface area contributed by atoms with Crippen molar-refractivity contribution >= 4 is 16.0 Å². The minimum Gasteiger partial charge on any atom is -0.473 e. The number of benzene rings is 2. The molecule has 1 amide bonds. The van der Waals surface area contributed by atoms with E-state index < -0.39 is 33.0 Å². The third-order valence-corrected chi connectivity index (χ3v) is 5.94. The van der Waals surface area contributed by atoms with Crippen LogP contribution in [0.2, 0.25) is 0 Å². The number of imidazole rings is 1. The Morgan fingerprint density at radius 3 is 2.47 bits per heavy atom. The van der Waals surface area contributed by atoms with Crippen molar-refractivity contribution < 1.29 is 26.9 Å². The van der Waals surface area contributed by atoms with E-state index in [1.807, 2.05) is 49.3 Å². The second kappa shape index (κ2) is 10.3. The Kier molecular flexibility index (Phi) is 7.70. The molecule has 34 heavy (non-hydrogen) atoms. The van der Waals surface area contributed by atoms with Gasteiger partial charge in [0, 0.05) is 25.7 Å². The van der Waals surface area contributed by atoms with Gasteiger partial charge in [-0.05, 0) is 49.8 Å². The molecule has 0 spiro atoms. The zero-order chi connectivity index (χ0) is 25.0. The number of rotatable bonds is 10. The van der Waals surface area contributed by atoms with Gasteiger partial charge in [-0.2, -0.15) is 8.42 Å². The van der Waals surface area contributed by atoms with Crippen LogP contribution in [-0.4, -0.2) is 54.0 Å². The molecule has 3 N–H and O–H groups in total. The van der Waals surface area contributed by atoms with Crippen LogP contribution in [-0.2, 0) is 28.4 Å². The third kappa shape index (κ3) is 6.19. The summed E-state index contributed by atoms with van der Waals surface area (Å²) in [5, 5.41) is -0.645. The predicted octanol–water partition coefficient (Wildman–Crippen LogP) is 2.30. The number of nitrogens with two attached hydrogens (primary N) is 1. The van der Waals surface area contributed by atoms with Crippen molar-refractivity contribution in [2.24, 2.45) is 12.8 Å². The zero-order valence-corrected chi connectivity index (χ0v) is 19.9. The quantitative estimate of drug-likeness (QED) is 0.417. The first-order valence-corrected chi connectivity index (χ1v) is 11.8. The van der Waals surface area contributed by atoms with Gasteiger partial charge in [-0.3, -0.25) is 9.35 Å². The fourth-order valence-corrected chi connectivity index (χ4v) is 4.21. The summed E-state index contributed by atoms with van der Waals surface area (Å²) in [6.07, 6.45) is 0.142. The SMILES string of the molecule is CN(C)CC(Cc1ccccc1)c1cc(OC(C(N)=O)c2nc(S(=O)(=O)O)cn2C)ccc1F. The Labute approximate surface area is 197 Å². The number of hydrogen-bond acceptors (Lipinski definition) is 6. The Morgan fingerprint density at radius 2 is 1.91 bits per heavy atom. The minimum absolute atomic E-state index is 0.125. The molecule has 0 bridgehead atoms. The van der Waals surface area contributed by atoms with Crippen LogP contribution in [0.4, 0.5) is 4.39 Å². The molecule has 0 radical (unpaired) electrons. The highest BCUT2D eigenvalue weighted by atomic mass is 32.2. The molecule has 9 nitrogen and oxygen atoms in total. The Morgan fingerprint density at radius 1 is 1.24 bits per heavy atom. The molecule has 2 unspecified atom stereocenters. The second-order valence-corrected chi connectivity index (χ2v) is 9.62. The molecule has 2 aromatic carbocycles. The van der Waals surface area contributed by atoms with Crippen LogP contribution in [0, 0.1) is 5.82 Å². The highest BCUT2D eigenvalue weighted by Gasteiger charge is 2.29. The van der Waals surface area contributed by atoms with E-state index in [1.54, 1.807) is 0 Å². The van der Waals surface area contributed by atoms with Gasteiger partial charge in [0.25, 0.3) is 5.91 Å². The molecule has 0 aliphatic rings. The molecule has 11 heteroatoms. The summed E-state index contributed by atoms with van der Waals surface area (Å²) in [5.41, 5.74) is 6.93. The lowest BCUT2D eigenvalue weighted by Crippen LogP contribution is -2.28. The molecular formula is C23H27FN4O5S. The lowest BCUT2D eigenvalue weighted by Gasteiger charge is -2.23. The topological polar surface area (TPSA) is 128 Å². The van der Waals surface area contributed by atoms with E-state index in [-0.39, 0.29) is 17.5 Å². The first-order chi connectivity index (χ1) is 16.0. The van der Waals surface area contributed by atoms with Crippen LogP contribution in [0.15, 0.2) is 59.8 Å². The smallest absolute Gasteiger partial charge is 0.313 e. The predicted molar refractivity (Wildman–Crippen MR) is 123 cm³/mol. The summed E-state index contributed by atoms with van der Waals surface area (Å²) in [5.74, 6) is -1.53. The molecular weight excluding hydrogens is 463 g/mol. The second-order valence-electron chi connectivity index (χ2n) is 8.26. The maximum atomic E-state index is 14.9. The molecule has 1 heterocycles. The van der Waals surface area contributed by atoms with Gasteiger partial charge in [-0.1, -0.05) is 30.3 Å². The molecule has 0 aliphatic heterocycles. The van der Waals surface area contributed by atoms with Gasteiger partial charge < -0.3 is 19.9 Å². The van der Waals surface area contributed by atoms with E-state index in [0.717, 1.165) is 11.8 Å². The van der Waals surface area contributed by atoms with Crippen LogP contribution in [0.3, 0.4) is 0 Å². The summed E-state index contributed by atoms with van der Waals surface area (Å²) in [6.45, 7) is 0.561. The standard InChI is InChI=1S/C23H27FN4O5S/c1-27(2)13-16(11-15-7-5-4-6-8-15)18-12-17(9-10-19(18)24)33-21(22(25)29)23-26-20(14-28(23)3)34(30,31)32/h4-10,12,14,16,21H,11,13H2,1-3H3,(H2,25,29)(H,30,31,32). The van der Waals surface area contributed by atoms with Gasteiger partial charge in [0.15, 0.2) is 5.82 Å². The van der Waals surface area contributed by atoms with Gasteiger partial charge in [0.1, 0.15) is 11.6 Å². The highest BCUT2D eigenvalue weighted by Crippen LogP contribution is 2.30. The van der Waals surface area contributed by atoms with E-state index in [0.29, 0.717) is 18.5 Å². The summed E-state index contributed by atoms with van der Waals surface area (Å²) >= 11 is 0. The maximum absolute atomic E-state index is 14.9. The van der Waals surface area contributed by atoms with Crippen molar-refractivity contribution in [3.05, 3.63) is 77.5 Å². The molecule has 0 saturated heterocycles. The molecule has 0 saturated carbocycles. The first-order valence-electron chi connectivity index (χ1n) is 10.4. The van der Waals surface area contributed by atoms with E-state index in [2.05, 4.69) is 4.98 Å². The number of halogens is 1.